The first-order chi connectivity index (χ1) is 15.0. The number of hydrogen-bond acceptors (Lipinski definition) is 8. The molecule has 3 heterocycles. The fourth-order valence-corrected chi connectivity index (χ4v) is 3.69. The molecule has 1 amide bonds. The quantitative estimate of drug-likeness (QED) is 0.511. The number of benzene rings is 1. The van der Waals surface area contributed by atoms with Crippen molar-refractivity contribution in [2.75, 3.05) is 24.7 Å². The van der Waals surface area contributed by atoms with Crippen LogP contribution in [0.2, 0.25) is 0 Å². The SMILES string of the molecule is NC(=O)Oc1cnn2ccc(N3CCC[C@@H]3c3cc(F)ccc3OCC(O)CO)nc12. The first kappa shape index (κ1) is 20.8. The van der Waals surface area contributed by atoms with Crippen LogP contribution in [0.3, 0.4) is 0 Å². The third-order valence-electron chi connectivity index (χ3n) is 5.05. The van der Waals surface area contributed by atoms with Crippen LogP contribution in [0.4, 0.5) is 15.0 Å². The zero-order chi connectivity index (χ0) is 22.0. The molecule has 2 atom stereocenters. The van der Waals surface area contributed by atoms with E-state index in [4.69, 9.17) is 20.3 Å². The maximum absolute atomic E-state index is 14.1. The number of carbonyl (C=O) groups is 1. The van der Waals surface area contributed by atoms with E-state index in [0.29, 0.717) is 29.3 Å². The van der Waals surface area contributed by atoms with Crippen molar-refractivity contribution in [2.45, 2.75) is 25.0 Å². The van der Waals surface area contributed by atoms with Crippen molar-refractivity contribution in [1.82, 2.24) is 14.6 Å². The molecule has 10 nitrogen and oxygen atoms in total. The van der Waals surface area contributed by atoms with E-state index < -0.39 is 24.6 Å². The average molecular weight is 431 g/mol. The monoisotopic (exact) mass is 431 g/mol. The van der Waals surface area contributed by atoms with Crippen LogP contribution in [0.25, 0.3) is 5.65 Å². The van der Waals surface area contributed by atoms with Gasteiger partial charge < -0.3 is 30.3 Å². The Morgan fingerprint density at radius 3 is 2.97 bits per heavy atom. The van der Waals surface area contributed by atoms with E-state index in [9.17, 15) is 14.3 Å². The number of hydrogen-bond donors (Lipinski definition) is 3. The highest BCUT2D eigenvalue weighted by Gasteiger charge is 2.30. The van der Waals surface area contributed by atoms with E-state index in [-0.39, 0.29) is 18.4 Å². The number of ether oxygens (including phenoxy) is 2. The number of primary amides is 1. The minimum atomic E-state index is -1.03. The number of anilines is 1. The van der Waals surface area contributed by atoms with Crippen LogP contribution in [0.15, 0.2) is 36.7 Å². The molecule has 1 aromatic carbocycles. The van der Waals surface area contributed by atoms with Gasteiger partial charge in [0.2, 0.25) is 5.65 Å². The van der Waals surface area contributed by atoms with Crippen LogP contribution in [-0.2, 0) is 0 Å². The molecule has 1 aliphatic rings. The zero-order valence-electron chi connectivity index (χ0n) is 16.5. The van der Waals surface area contributed by atoms with Crippen LogP contribution >= 0.6 is 0 Å². The zero-order valence-corrected chi connectivity index (χ0v) is 16.5. The van der Waals surface area contributed by atoms with Gasteiger partial charge in [-0.3, -0.25) is 0 Å². The third kappa shape index (κ3) is 4.37. The van der Waals surface area contributed by atoms with Gasteiger partial charge in [-0.1, -0.05) is 0 Å². The first-order valence-corrected chi connectivity index (χ1v) is 9.75. The highest BCUT2D eigenvalue weighted by molar-refractivity contribution is 5.71. The molecule has 1 unspecified atom stereocenters. The molecule has 0 spiro atoms. The second kappa shape index (κ2) is 8.74. The van der Waals surface area contributed by atoms with Crippen molar-refractivity contribution in [3.05, 3.63) is 48.0 Å². The molecule has 1 aliphatic heterocycles. The Kier molecular flexibility index (Phi) is 5.87. The van der Waals surface area contributed by atoms with Gasteiger partial charge in [0, 0.05) is 18.3 Å². The molecule has 1 fully saturated rings. The Labute approximate surface area is 176 Å². The van der Waals surface area contributed by atoms with E-state index in [1.165, 1.54) is 28.9 Å². The van der Waals surface area contributed by atoms with Crippen molar-refractivity contribution in [1.29, 1.82) is 0 Å². The fourth-order valence-electron chi connectivity index (χ4n) is 3.69. The number of aromatic nitrogens is 3. The van der Waals surface area contributed by atoms with Crippen molar-refractivity contribution in [3.8, 4) is 11.5 Å². The van der Waals surface area contributed by atoms with E-state index in [2.05, 4.69) is 10.1 Å². The molecule has 0 bridgehead atoms. The summed E-state index contributed by atoms with van der Waals surface area (Å²) in [5.74, 6) is 0.746. The summed E-state index contributed by atoms with van der Waals surface area (Å²) >= 11 is 0. The lowest BCUT2D eigenvalue weighted by Crippen LogP contribution is -2.26. The van der Waals surface area contributed by atoms with Gasteiger partial charge in [0.15, 0.2) is 5.75 Å². The Morgan fingerprint density at radius 2 is 2.19 bits per heavy atom. The van der Waals surface area contributed by atoms with Crippen LogP contribution < -0.4 is 20.1 Å². The lowest BCUT2D eigenvalue weighted by Gasteiger charge is -2.28. The second-order valence-corrected chi connectivity index (χ2v) is 7.16. The Hall–Kier alpha value is -3.44. The van der Waals surface area contributed by atoms with Crippen molar-refractivity contribution < 1.29 is 28.9 Å². The topological polar surface area (TPSA) is 135 Å². The van der Waals surface area contributed by atoms with Gasteiger partial charge in [0.05, 0.1) is 18.8 Å². The maximum Gasteiger partial charge on any atom is 0.410 e. The summed E-state index contributed by atoms with van der Waals surface area (Å²) in [5.41, 5.74) is 6.04. The number of aliphatic hydroxyl groups is 2. The van der Waals surface area contributed by atoms with Gasteiger partial charge in [0.25, 0.3) is 0 Å². The summed E-state index contributed by atoms with van der Waals surface area (Å²) in [6, 6.07) is 5.74. The number of halogens is 1. The minimum absolute atomic E-state index is 0.115. The lowest BCUT2D eigenvalue weighted by molar-refractivity contribution is 0.0531. The highest BCUT2D eigenvalue weighted by atomic mass is 19.1. The van der Waals surface area contributed by atoms with Gasteiger partial charge in [-0.2, -0.15) is 5.10 Å². The fraction of sp³-hybridized carbons (Fsp3) is 0.350. The Morgan fingerprint density at radius 1 is 1.35 bits per heavy atom. The highest BCUT2D eigenvalue weighted by Crippen LogP contribution is 2.40. The summed E-state index contributed by atoms with van der Waals surface area (Å²) in [5, 5.41) is 22.7. The van der Waals surface area contributed by atoms with Crippen molar-refractivity contribution in [3.63, 3.8) is 0 Å². The van der Waals surface area contributed by atoms with Crippen LogP contribution in [0, 0.1) is 5.82 Å². The molecule has 164 valence electrons. The predicted molar refractivity (Wildman–Crippen MR) is 108 cm³/mol. The summed E-state index contributed by atoms with van der Waals surface area (Å²) in [6.45, 7) is 0.121. The molecule has 0 aliphatic carbocycles. The van der Waals surface area contributed by atoms with E-state index >= 15 is 0 Å². The second-order valence-electron chi connectivity index (χ2n) is 7.16. The van der Waals surface area contributed by atoms with Gasteiger partial charge in [-0.15, -0.1) is 0 Å². The molecule has 2 aromatic heterocycles. The molecule has 0 saturated carbocycles. The lowest BCUT2D eigenvalue weighted by atomic mass is 10.0. The number of amides is 1. The number of aliphatic hydroxyl groups excluding tert-OH is 2. The number of nitrogens with two attached hydrogens (primary N) is 1. The van der Waals surface area contributed by atoms with Gasteiger partial charge in [-0.05, 0) is 37.1 Å². The predicted octanol–water partition coefficient (Wildman–Crippen LogP) is 1.40. The van der Waals surface area contributed by atoms with Gasteiger partial charge in [0.1, 0.15) is 30.1 Å². The normalized spacial score (nSPS) is 17.1. The largest absolute Gasteiger partial charge is 0.490 e. The Balaban J connectivity index is 1.67. The van der Waals surface area contributed by atoms with Crippen molar-refractivity contribution >= 4 is 17.6 Å². The number of carbonyl (C=O) groups excluding carboxylic acids is 1. The van der Waals surface area contributed by atoms with Crippen LogP contribution in [0.5, 0.6) is 11.5 Å². The summed E-state index contributed by atoms with van der Waals surface area (Å²) in [6.07, 6.45) is 2.61. The molecular weight excluding hydrogens is 409 g/mol. The van der Waals surface area contributed by atoms with Crippen LogP contribution in [0.1, 0.15) is 24.4 Å². The molecular formula is C20H22FN5O5. The Bertz CT molecular complexity index is 1090. The van der Waals surface area contributed by atoms with Crippen LogP contribution in [-0.4, -0.2) is 56.8 Å². The number of fused-ring (bicyclic) bond motifs is 1. The molecule has 0 radical (unpaired) electrons. The summed E-state index contributed by atoms with van der Waals surface area (Å²) in [4.78, 5) is 17.7. The molecule has 4 rings (SSSR count). The summed E-state index contributed by atoms with van der Waals surface area (Å²) < 4.78 is 26.2. The number of rotatable bonds is 7. The van der Waals surface area contributed by atoms with E-state index in [1.807, 2.05) is 4.90 Å². The molecule has 31 heavy (non-hydrogen) atoms. The third-order valence-corrected chi connectivity index (χ3v) is 5.05. The summed E-state index contributed by atoms with van der Waals surface area (Å²) in [7, 11) is 0. The van der Waals surface area contributed by atoms with E-state index in [1.54, 1.807) is 12.3 Å². The first-order valence-electron chi connectivity index (χ1n) is 9.75. The number of nitrogens with zero attached hydrogens (tertiary/aromatic N) is 4. The van der Waals surface area contributed by atoms with Crippen molar-refractivity contribution in [2.24, 2.45) is 5.73 Å². The molecule has 1 saturated heterocycles. The van der Waals surface area contributed by atoms with E-state index in [0.717, 1.165) is 12.8 Å². The smallest absolute Gasteiger partial charge is 0.410 e. The maximum atomic E-state index is 14.1. The average Bonchev–Trinajstić information content (AvgIpc) is 3.39. The minimum Gasteiger partial charge on any atom is -0.490 e. The molecule has 4 N–H and O–H groups in total. The molecule has 11 heteroatoms. The van der Waals surface area contributed by atoms with Gasteiger partial charge >= 0.3 is 6.09 Å². The molecule has 3 aromatic rings. The van der Waals surface area contributed by atoms with Gasteiger partial charge in [-0.25, -0.2) is 18.7 Å². The standard InChI is InChI=1S/C20H22FN5O5/c21-12-3-4-16(30-11-13(28)10-27)14(8-12)15-2-1-6-25(15)18-5-7-26-19(24-18)17(9-23-26)31-20(22)29/h3-5,7-9,13,15,27-28H,1-2,6,10-11H2,(H2,22,29)/t13?,15-/m1/s1.